The lowest BCUT2D eigenvalue weighted by atomic mass is 10.0. The molecule has 1 aliphatic rings. The van der Waals surface area contributed by atoms with Crippen molar-refractivity contribution in [3.63, 3.8) is 0 Å². The number of hydrogen-bond donors (Lipinski definition) is 1. The van der Waals surface area contributed by atoms with E-state index in [0.29, 0.717) is 5.92 Å². The highest BCUT2D eigenvalue weighted by molar-refractivity contribution is 5.61. The zero-order valence-corrected chi connectivity index (χ0v) is 15.7. The molecule has 1 fully saturated rings. The Labute approximate surface area is 151 Å². The Bertz CT molecular complexity index is 669. The minimum atomic E-state index is 0.686. The molecule has 4 heteroatoms. The van der Waals surface area contributed by atoms with Gasteiger partial charge in [-0.15, -0.1) is 0 Å². The van der Waals surface area contributed by atoms with Gasteiger partial charge in [0, 0.05) is 31.3 Å². The smallest absolute Gasteiger partial charge is 0.163 e. The van der Waals surface area contributed by atoms with Gasteiger partial charge < -0.3 is 10.2 Å². The minimum absolute atomic E-state index is 0.686. The van der Waals surface area contributed by atoms with Gasteiger partial charge in [-0.25, -0.2) is 9.97 Å². The largest absolute Gasteiger partial charge is 0.370 e. The predicted molar refractivity (Wildman–Crippen MR) is 106 cm³/mol. The number of piperidine rings is 1. The van der Waals surface area contributed by atoms with Gasteiger partial charge in [0.15, 0.2) is 5.82 Å². The van der Waals surface area contributed by atoms with E-state index < -0.39 is 0 Å². The molecule has 1 atom stereocenters. The molecule has 1 unspecified atom stereocenters. The zero-order chi connectivity index (χ0) is 17.6. The summed E-state index contributed by atoms with van der Waals surface area (Å²) in [4.78, 5) is 12.1. The summed E-state index contributed by atoms with van der Waals surface area (Å²) in [5.74, 6) is 4.20. The van der Waals surface area contributed by atoms with Crippen molar-refractivity contribution < 1.29 is 0 Å². The maximum Gasteiger partial charge on any atom is 0.163 e. The van der Waals surface area contributed by atoms with Crippen LogP contribution in [0, 0.1) is 11.8 Å². The van der Waals surface area contributed by atoms with E-state index in [-0.39, 0.29) is 0 Å². The van der Waals surface area contributed by atoms with Gasteiger partial charge in [-0.2, -0.15) is 0 Å². The van der Waals surface area contributed by atoms with Crippen molar-refractivity contribution in [2.75, 3.05) is 29.9 Å². The van der Waals surface area contributed by atoms with Crippen LogP contribution in [0.4, 0.5) is 11.6 Å². The minimum Gasteiger partial charge on any atom is -0.370 e. The van der Waals surface area contributed by atoms with Crippen molar-refractivity contribution in [2.24, 2.45) is 11.8 Å². The third-order valence-electron chi connectivity index (χ3n) is 4.75. The Hall–Kier alpha value is -2.10. The molecule has 0 saturated carbocycles. The zero-order valence-electron chi connectivity index (χ0n) is 15.7. The molecule has 4 nitrogen and oxygen atoms in total. The number of nitrogens with one attached hydrogen (secondary N) is 1. The van der Waals surface area contributed by atoms with Gasteiger partial charge in [0.25, 0.3) is 0 Å². The lowest BCUT2D eigenvalue weighted by Crippen LogP contribution is -2.35. The first-order chi connectivity index (χ1) is 12.1. The van der Waals surface area contributed by atoms with E-state index in [1.165, 1.54) is 12.8 Å². The molecule has 0 amide bonds. The second-order valence-corrected chi connectivity index (χ2v) is 7.60. The third-order valence-corrected chi connectivity index (χ3v) is 4.75. The highest BCUT2D eigenvalue weighted by atomic mass is 15.2. The lowest BCUT2D eigenvalue weighted by Gasteiger charge is -2.32. The molecule has 2 heterocycles. The van der Waals surface area contributed by atoms with Crippen molar-refractivity contribution in [1.82, 2.24) is 9.97 Å². The fourth-order valence-electron chi connectivity index (χ4n) is 3.29. The Balaban J connectivity index is 1.87. The van der Waals surface area contributed by atoms with Crippen LogP contribution in [-0.2, 0) is 0 Å². The molecule has 25 heavy (non-hydrogen) atoms. The Morgan fingerprint density at radius 1 is 1.20 bits per heavy atom. The molecule has 0 aliphatic carbocycles. The standard InChI is InChI=1S/C21H30N4/c1-16(2)11-12-22-19-14-20(25-13-7-8-17(3)15-25)24-21(23-19)18-9-5-4-6-10-18/h4-6,9-10,14,16-17H,7-8,11-13,15H2,1-3H3,(H,22,23,24). The van der Waals surface area contributed by atoms with E-state index in [4.69, 9.17) is 9.97 Å². The first-order valence-corrected chi connectivity index (χ1v) is 9.55. The molecule has 134 valence electrons. The van der Waals surface area contributed by atoms with Gasteiger partial charge in [0.05, 0.1) is 0 Å². The van der Waals surface area contributed by atoms with Crippen LogP contribution in [0.25, 0.3) is 11.4 Å². The average Bonchev–Trinajstić information content (AvgIpc) is 2.62. The van der Waals surface area contributed by atoms with Crippen molar-refractivity contribution in [1.29, 1.82) is 0 Å². The van der Waals surface area contributed by atoms with Gasteiger partial charge >= 0.3 is 0 Å². The van der Waals surface area contributed by atoms with Crippen molar-refractivity contribution in [3.05, 3.63) is 36.4 Å². The fraction of sp³-hybridized carbons (Fsp3) is 0.524. The molecule has 3 rings (SSSR count). The summed E-state index contributed by atoms with van der Waals surface area (Å²) in [5, 5.41) is 3.50. The number of aromatic nitrogens is 2. The summed E-state index contributed by atoms with van der Waals surface area (Å²) in [6.07, 6.45) is 3.69. The van der Waals surface area contributed by atoms with Crippen molar-refractivity contribution in [3.8, 4) is 11.4 Å². The molecule has 0 bridgehead atoms. The first-order valence-electron chi connectivity index (χ1n) is 9.55. The molecular weight excluding hydrogens is 308 g/mol. The van der Waals surface area contributed by atoms with Crippen LogP contribution >= 0.6 is 0 Å². The Morgan fingerprint density at radius 3 is 2.72 bits per heavy atom. The van der Waals surface area contributed by atoms with E-state index >= 15 is 0 Å². The van der Waals surface area contributed by atoms with Crippen LogP contribution < -0.4 is 10.2 Å². The van der Waals surface area contributed by atoms with Crippen LogP contribution in [0.1, 0.15) is 40.0 Å². The molecule has 0 radical (unpaired) electrons. The molecular formula is C21H30N4. The Kier molecular flexibility index (Phi) is 5.90. The van der Waals surface area contributed by atoms with Gasteiger partial charge in [-0.05, 0) is 31.1 Å². The van der Waals surface area contributed by atoms with Gasteiger partial charge in [0.2, 0.25) is 0 Å². The van der Waals surface area contributed by atoms with Crippen molar-refractivity contribution in [2.45, 2.75) is 40.0 Å². The van der Waals surface area contributed by atoms with Crippen LogP contribution in [0.3, 0.4) is 0 Å². The Morgan fingerprint density at radius 2 is 2.00 bits per heavy atom. The highest BCUT2D eigenvalue weighted by Gasteiger charge is 2.19. The van der Waals surface area contributed by atoms with E-state index in [2.05, 4.69) is 49.2 Å². The quantitative estimate of drug-likeness (QED) is 0.818. The highest BCUT2D eigenvalue weighted by Crippen LogP contribution is 2.26. The number of benzene rings is 1. The monoisotopic (exact) mass is 338 g/mol. The van der Waals surface area contributed by atoms with E-state index in [0.717, 1.165) is 55.0 Å². The summed E-state index contributed by atoms with van der Waals surface area (Å²) in [5.41, 5.74) is 1.07. The average molecular weight is 338 g/mol. The molecule has 1 N–H and O–H groups in total. The number of rotatable bonds is 6. The number of hydrogen-bond acceptors (Lipinski definition) is 4. The van der Waals surface area contributed by atoms with Crippen LogP contribution in [0.5, 0.6) is 0 Å². The molecule has 1 aliphatic heterocycles. The van der Waals surface area contributed by atoms with E-state index in [9.17, 15) is 0 Å². The van der Waals surface area contributed by atoms with Crippen LogP contribution in [0.2, 0.25) is 0 Å². The fourth-order valence-corrected chi connectivity index (χ4v) is 3.29. The summed E-state index contributed by atoms with van der Waals surface area (Å²) >= 11 is 0. The van der Waals surface area contributed by atoms with Gasteiger partial charge in [0.1, 0.15) is 11.6 Å². The molecule has 1 aromatic carbocycles. The third kappa shape index (κ3) is 4.94. The molecule has 1 aromatic heterocycles. The summed E-state index contributed by atoms with van der Waals surface area (Å²) in [7, 11) is 0. The van der Waals surface area contributed by atoms with E-state index in [1.54, 1.807) is 0 Å². The predicted octanol–water partition coefficient (Wildman–Crippen LogP) is 4.84. The maximum absolute atomic E-state index is 4.88. The summed E-state index contributed by atoms with van der Waals surface area (Å²) in [6, 6.07) is 12.4. The van der Waals surface area contributed by atoms with Gasteiger partial charge in [-0.3, -0.25) is 0 Å². The van der Waals surface area contributed by atoms with Crippen molar-refractivity contribution >= 4 is 11.6 Å². The molecule has 0 spiro atoms. The normalized spacial score (nSPS) is 17.8. The second-order valence-electron chi connectivity index (χ2n) is 7.60. The van der Waals surface area contributed by atoms with Crippen LogP contribution in [-0.4, -0.2) is 29.6 Å². The molecule has 2 aromatic rings. The lowest BCUT2D eigenvalue weighted by molar-refractivity contribution is 0.444. The number of anilines is 2. The number of nitrogens with zero attached hydrogens (tertiary/aromatic N) is 3. The maximum atomic E-state index is 4.88. The topological polar surface area (TPSA) is 41.0 Å². The van der Waals surface area contributed by atoms with E-state index in [1.807, 2.05) is 18.2 Å². The second kappa shape index (κ2) is 8.32. The summed E-state index contributed by atoms with van der Waals surface area (Å²) < 4.78 is 0. The SMILES string of the molecule is CC(C)CCNc1cc(N2CCCC(C)C2)nc(-c2ccccc2)n1. The first kappa shape index (κ1) is 17.7. The van der Waals surface area contributed by atoms with Gasteiger partial charge in [-0.1, -0.05) is 51.1 Å². The molecule has 1 saturated heterocycles. The summed E-state index contributed by atoms with van der Waals surface area (Å²) in [6.45, 7) is 9.93. The van der Waals surface area contributed by atoms with Crippen LogP contribution in [0.15, 0.2) is 36.4 Å².